The molecule has 5 rings (SSSR count). The minimum atomic E-state index is -0.0901. The average Bonchev–Trinajstić information content (AvgIpc) is 3.50. The quantitative estimate of drug-likeness (QED) is 0.810. The van der Waals surface area contributed by atoms with Crippen molar-refractivity contribution in [3.05, 3.63) is 40.1 Å². The molecule has 1 atom stereocenters. The van der Waals surface area contributed by atoms with Gasteiger partial charge in [0.2, 0.25) is 0 Å². The number of piperidine rings is 1. The number of H-pyrrole nitrogens is 1. The van der Waals surface area contributed by atoms with Gasteiger partial charge >= 0.3 is 0 Å². The number of carbonyl (C=O) groups excluding carboxylic acids is 1. The summed E-state index contributed by atoms with van der Waals surface area (Å²) < 4.78 is 1.57. The van der Waals surface area contributed by atoms with Crippen LogP contribution in [0, 0.1) is 0 Å². The minimum absolute atomic E-state index is 0.0115. The number of nitrogens with one attached hydrogen (secondary N) is 1. The number of hydrogen-bond donors (Lipinski definition) is 1. The highest BCUT2D eigenvalue weighted by Crippen LogP contribution is 2.40. The van der Waals surface area contributed by atoms with Gasteiger partial charge in [-0.05, 0) is 32.7 Å². The summed E-state index contributed by atoms with van der Waals surface area (Å²) in [5, 5.41) is 11.6. The fourth-order valence-electron chi connectivity index (χ4n) is 4.58. The van der Waals surface area contributed by atoms with Crippen molar-refractivity contribution in [1.29, 1.82) is 0 Å². The van der Waals surface area contributed by atoms with E-state index in [1.165, 1.54) is 0 Å². The SMILES string of the molecule is CN1CCN(c2cnn(C3CCCN(C(=O)c4cn[nH]c4C4CC4)C3)c(=O)c2)CC1. The van der Waals surface area contributed by atoms with E-state index in [1.807, 2.05) is 4.90 Å². The van der Waals surface area contributed by atoms with E-state index in [4.69, 9.17) is 0 Å². The Bertz CT molecular complexity index is 972. The second kappa shape index (κ2) is 7.86. The molecule has 1 aliphatic carbocycles. The molecular formula is C21H29N7O2. The van der Waals surface area contributed by atoms with E-state index >= 15 is 0 Å². The highest BCUT2D eigenvalue weighted by Gasteiger charge is 2.33. The van der Waals surface area contributed by atoms with Crippen LogP contribution in [0.15, 0.2) is 23.3 Å². The third-order valence-corrected chi connectivity index (χ3v) is 6.59. The Hall–Kier alpha value is -2.68. The zero-order valence-corrected chi connectivity index (χ0v) is 17.5. The maximum Gasteiger partial charge on any atom is 0.269 e. The number of hydrogen-bond acceptors (Lipinski definition) is 6. The van der Waals surface area contributed by atoms with Crippen molar-refractivity contribution < 1.29 is 4.79 Å². The molecule has 2 saturated heterocycles. The topological polar surface area (TPSA) is 90.4 Å². The summed E-state index contributed by atoms with van der Waals surface area (Å²) >= 11 is 0. The Morgan fingerprint density at radius 1 is 1.10 bits per heavy atom. The van der Waals surface area contributed by atoms with Gasteiger partial charge in [-0.25, -0.2) is 4.68 Å². The number of piperazine rings is 1. The molecule has 0 radical (unpaired) electrons. The highest BCUT2D eigenvalue weighted by atomic mass is 16.2. The van der Waals surface area contributed by atoms with Crippen LogP contribution in [0.3, 0.4) is 0 Å². The van der Waals surface area contributed by atoms with Crippen LogP contribution in [0.2, 0.25) is 0 Å². The summed E-state index contributed by atoms with van der Waals surface area (Å²) in [4.78, 5) is 32.3. The summed E-state index contributed by atoms with van der Waals surface area (Å²) in [7, 11) is 2.11. The molecule has 30 heavy (non-hydrogen) atoms. The Morgan fingerprint density at radius 3 is 2.63 bits per heavy atom. The number of anilines is 1. The number of aromatic nitrogens is 4. The normalized spacial score (nSPS) is 23.0. The lowest BCUT2D eigenvalue weighted by Crippen LogP contribution is -2.46. The van der Waals surface area contributed by atoms with Gasteiger partial charge in [0, 0.05) is 51.3 Å². The van der Waals surface area contributed by atoms with Gasteiger partial charge in [-0.15, -0.1) is 0 Å². The van der Waals surface area contributed by atoms with Crippen molar-refractivity contribution in [2.24, 2.45) is 0 Å². The fourth-order valence-corrected chi connectivity index (χ4v) is 4.58. The monoisotopic (exact) mass is 411 g/mol. The molecule has 4 heterocycles. The van der Waals surface area contributed by atoms with Gasteiger partial charge in [-0.2, -0.15) is 10.2 Å². The molecule has 2 aromatic heterocycles. The van der Waals surface area contributed by atoms with Crippen LogP contribution in [0.5, 0.6) is 0 Å². The molecule has 1 amide bonds. The van der Waals surface area contributed by atoms with Gasteiger partial charge in [0.15, 0.2) is 0 Å². The van der Waals surface area contributed by atoms with Crippen molar-refractivity contribution in [2.45, 2.75) is 37.6 Å². The van der Waals surface area contributed by atoms with E-state index in [0.717, 1.165) is 63.2 Å². The molecule has 160 valence electrons. The lowest BCUT2D eigenvalue weighted by molar-refractivity contribution is 0.0669. The molecule has 0 spiro atoms. The van der Waals surface area contributed by atoms with Crippen LogP contribution in [-0.2, 0) is 0 Å². The predicted octanol–water partition coefficient (Wildman–Crippen LogP) is 1.07. The molecule has 0 bridgehead atoms. The van der Waals surface area contributed by atoms with Crippen LogP contribution in [0.25, 0.3) is 0 Å². The fraction of sp³-hybridized carbons (Fsp3) is 0.619. The average molecular weight is 412 g/mol. The second-order valence-corrected chi connectivity index (χ2v) is 8.81. The molecule has 9 heteroatoms. The molecule has 3 fully saturated rings. The number of amides is 1. The van der Waals surface area contributed by atoms with Crippen molar-refractivity contribution in [2.75, 3.05) is 51.2 Å². The summed E-state index contributed by atoms with van der Waals surface area (Å²) in [6.07, 6.45) is 7.39. The molecule has 0 aromatic carbocycles. The van der Waals surface area contributed by atoms with Gasteiger partial charge in [-0.3, -0.25) is 14.7 Å². The zero-order chi connectivity index (χ0) is 20.7. The standard InChI is InChI=1S/C21H29N7O2/c1-25-7-9-26(10-8-25)17-11-19(29)28(23-12-17)16-3-2-6-27(14-16)21(30)18-13-22-24-20(18)15-4-5-15/h11-13,15-16H,2-10,14H2,1H3,(H,22,24). The van der Waals surface area contributed by atoms with Crippen LogP contribution in [0.4, 0.5) is 5.69 Å². The second-order valence-electron chi connectivity index (χ2n) is 8.81. The first-order valence-corrected chi connectivity index (χ1v) is 10.9. The number of likely N-dealkylation sites (N-methyl/N-ethyl adjacent to an activating group) is 1. The first kappa shape index (κ1) is 19.3. The van der Waals surface area contributed by atoms with Crippen molar-refractivity contribution in [3.8, 4) is 0 Å². The Kier molecular flexibility index (Phi) is 5.06. The molecule has 1 unspecified atom stereocenters. The smallest absolute Gasteiger partial charge is 0.269 e. The van der Waals surface area contributed by atoms with Crippen LogP contribution in [-0.4, -0.2) is 82.0 Å². The van der Waals surface area contributed by atoms with Gasteiger partial charge in [-0.1, -0.05) is 0 Å². The first-order chi connectivity index (χ1) is 14.6. The molecule has 2 aromatic rings. The minimum Gasteiger partial charge on any atom is -0.368 e. The lowest BCUT2D eigenvalue weighted by Gasteiger charge is -2.35. The number of nitrogens with zero attached hydrogens (tertiary/aromatic N) is 6. The largest absolute Gasteiger partial charge is 0.368 e. The van der Waals surface area contributed by atoms with Crippen LogP contribution in [0.1, 0.15) is 53.7 Å². The van der Waals surface area contributed by atoms with Gasteiger partial charge < -0.3 is 14.7 Å². The molecule has 1 N–H and O–H groups in total. The zero-order valence-electron chi connectivity index (χ0n) is 17.5. The van der Waals surface area contributed by atoms with Gasteiger partial charge in [0.1, 0.15) is 0 Å². The summed E-state index contributed by atoms with van der Waals surface area (Å²) in [5.74, 6) is 0.455. The predicted molar refractivity (Wildman–Crippen MR) is 113 cm³/mol. The number of likely N-dealkylation sites (tertiary alicyclic amines) is 1. The Morgan fingerprint density at radius 2 is 1.90 bits per heavy atom. The summed E-state index contributed by atoms with van der Waals surface area (Å²) in [6.45, 7) is 5.00. The maximum absolute atomic E-state index is 13.1. The number of aromatic amines is 1. The van der Waals surface area contributed by atoms with E-state index in [-0.39, 0.29) is 17.5 Å². The summed E-state index contributed by atoms with van der Waals surface area (Å²) in [5.41, 5.74) is 2.45. The van der Waals surface area contributed by atoms with E-state index in [0.29, 0.717) is 24.6 Å². The third-order valence-electron chi connectivity index (χ3n) is 6.59. The molecule has 2 aliphatic heterocycles. The third kappa shape index (κ3) is 3.74. The van der Waals surface area contributed by atoms with Gasteiger partial charge in [0.25, 0.3) is 11.5 Å². The lowest BCUT2D eigenvalue weighted by atomic mass is 10.0. The Balaban J connectivity index is 1.30. The maximum atomic E-state index is 13.1. The molecule has 9 nitrogen and oxygen atoms in total. The number of carbonyl (C=O) groups is 1. The molecular weight excluding hydrogens is 382 g/mol. The van der Waals surface area contributed by atoms with E-state index in [9.17, 15) is 9.59 Å². The molecule has 1 saturated carbocycles. The first-order valence-electron chi connectivity index (χ1n) is 10.9. The van der Waals surface area contributed by atoms with Crippen LogP contribution < -0.4 is 10.5 Å². The van der Waals surface area contributed by atoms with E-state index in [1.54, 1.807) is 23.1 Å². The molecule has 3 aliphatic rings. The van der Waals surface area contributed by atoms with Gasteiger partial charge in [0.05, 0.1) is 35.4 Å². The van der Waals surface area contributed by atoms with E-state index < -0.39 is 0 Å². The van der Waals surface area contributed by atoms with Crippen molar-refractivity contribution >= 4 is 11.6 Å². The van der Waals surface area contributed by atoms with E-state index in [2.05, 4.69) is 32.1 Å². The van der Waals surface area contributed by atoms with Crippen molar-refractivity contribution in [1.82, 2.24) is 29.8 Å². The van der Waals surface area contributed by atoms with Crippen molar-refractivity contribution in [3.63, 3.8) is 0 Å². The summed E-state index contributed by atoms with van der Waals surface area (Å²) in [6, 6.07) is 1.61. The Labute approximate surface area is 175 Å². The highest BCUT2D eigenvalue weighted by molar-refractivity contribution is 5.95. The number of rotatable bonds is 4. The van der Waals surface area contributed by atoms with Crippen LogP contribution >= 0.6 is 0 Å².